The molecule has 0 saturated heterocycles. The molecule has 22 heavy (non-hydrogen) atoms. The number of nitrogens with zero attached hydrogens (tertiary/aromatic N) is 5. The van der Waals surface area contributed by atoms with Crippen molar-refractivity contribution in [2.45, 2.75) is 33.7 Å². The van der Waals surface area contributed by atoms with Gasteiger partial charge in [-0.3, -0.25) is 4.68 Å². The maximum atomic E-state index is 4.54. The van der Waals surface area contributed by atoms with Crippen LogP contribution in [0.1, 0.15) is 24.7 Å². The van der Waals surface area contributed by atoms with Crippen LogP contribution in [-0.2, 0) is 6.54 Å². The smallest absolute Gasteiger partial charge is 0.208 e. The maximum absolute atomic E-state index is 4.54. The molecular formula is C15H18N6S. The molecule has 0 radical (unpaired) electrons. The van der Waals surface area contributed by atoms with Gasteiger partial charge in [0, 0.05) is 30.0 Å². The average Bonchev–Trinajstić information content (AvgIpc) is 3.06. The molecule has 3 aromatic rings. The molecule has 0 aliphatic carbocycles. The molecule has 0 spiro atoms. The second-order valence-electron chi connectivity index (χ2n) is 5.10. The molecule has 114 valence electrons. The number of aryl methyl sites for hydroxylation is 3. The van der Waals surface area contributed by atoms with E-state index in [0.717, 1.165) is 40.9 Å². The minimum atomic E-state index is 0.708. The summed E-state index contributed by atoms with van der Waals surface area (Å²) in [6, 6.07) is 5.84. The topological polar surface area (TPSA) is 68.5 Å². The van der Waals surface area contributed by atoms with Crippen LogP contribution >= 0.6 is 11.5 Å². The molecule has 0 atom stereocenters. The monoisotopic (exact) mass is 314 g/mol. The summed E-state index contributed by atoms with van der Waals surface area (Å²) in [5.41, 5.74) is 2.90. The Hall–Kier alpha value is -2.28. The van der Waals surface area contributed by atoms with Gasteiger partial charge in [-0.05, 0) is 32.4 Å². The van der Waals surface area contributed by atoms with Crippen LogP contribution in [0.3, 0.4) is 0 Å². The first kappa shape index (κ1) is 14.6. The van der Waals surface area contributed by atoms with Crippen LogP contribution in [0.4, 0.5) is 10.9 Å². The SMILES string of the molecule is CCCn1cc(-c2nsc(Nc3cccc(C)n3)n2)c(C)n1. The fourth-order valence-corrected chi connectivity index (χ4v) is 2.78. The zero-order chi connectivity index (χ0) is 15.5. The van der Waals surface area contributed by atoms with Crippen molar-refractivity contribution in [2.24, 2.45) is 0 Å². The summed E-state index contributed by atoms with van der Waals surface area (Å²) in [6.07, 6.45) is 3.06. The predicted octanol–water partition coefficient (Wildman–Crippen LogP) is 3.57. The van der Waals surface area contributed by atoms with Gasteiger partial charge in [-0.25, -0.2) is 4.98 Å². The quantitative estimate of drug-likeness (QED) is 0.779. The Balaban J connectivity index is 1.81. The van der Waals surface area contributed by atoms with Crippen molar-refractivity contribution in [1.82, 2.24) is 24.1 Å². The summed E-state index contributed by atoms with van der Waals surface area (Å²) in [5.74, 6) is 1.49. The molecule has 0 aliphatic heterocycles. The van der Waals surface area contributed by atoms with Gasteiger partial charge in [0.05, 0.1) is 11.3 Å². The largest absolute Gasteiger partial charge is 0.315 e. The first-order valence-corrected chi connectivity index (χ1v) is 8.02. The van der Waals surface area contributed by atoms with E-state index in [2.05, 4.69) is 31.7 Å². The number of hydrogen-bond acceptors (Lipinski definition) is 6. The summed E-state index contributed by atoms with van der Waals surface area (Å²) in [5, 5.41) is 8.42. The third-order valence-corrected chi connectivity index (χ3v) is 3.82. The van der Waals surface area contributed by atoms with Gasteiger partial charge in [0.15, 0.2) is 5.82 Å². The van der Waals surface area contributed by atoms with Gasteiger partial charge in [0.1, 0.15) is 5.82 Å². The van der Waals surface area contributed by atoms with Gasteiger partial charge in [-0.1, -0.05) is 13.0 Å². The van der Waals surface area contributed by atoms with Crippen molar-refractivity contribution < 1.29 is 0 Å². The second-order valence-corrected chi connectivity index (χ2v) is 5.86. The number of anilines is 2. The number of rotatable bonds is 5. The normalized spacial score (nSPS) is 10.9. The van der Waals surface area contributed by atoms with Gasteiger partial charge in [-0.15, -0.1) is 0 Å². The van der Waals surface area contributed by atoms with E-state index in [9.17, 15) is 0 Å². The van der Waals surface area contributed by atoms with Crippen LogP contribution < -0.4 is 5.32 Å². The van der Waals surface area contributed by atoms with E-state index in [1.807, 2.05) is 42.9 Å². The second kappa shape index (κ2) is 6.23. The van der Waals surface area contributed by atoms with E-state index < -0.39 is 0 Å². The standard InChI is InChI=1S/C15H18N6S/c1-4-8-21-9-12(11(3)19-21)14-18-15(22-20-14)17-13-7-5-6-10(2)16-13/h5-7,9H,4,8H2,1-3H3,(H,16,17,18,20). The van der Waals surface area contributed by atoms with E-state index in [-0.39, 0.29) is 0 Å². The Morgan fingerprint density at radius 1 is 1.23 bits per heavy atom. The number of aromatic nitrogens is 5. The molecule has 0 amide bonds. The third-order valence-electron chi connectivity index (χ3n) is 3.19. The molecule has 0 unspecified atom stereocenters. The molecule has 3 heterocycles. The van der Waals surface area contributed by atoms with Gasteiger partial charge in [0.2, 0.25) is 5.13 Å². The van der Waals surface area contributed by atoms with Crippen LogP contribution in [0.25, 0.3) is 11.4 Å². The number of pyridine rings is 1. The zero-order valence-electron chi connectivity index (χ0n) is 12.9. The van der Waals surface area contributed by atoms with Gasteiger partial charge >= 0.3 is 0 Å². The lowest BCUT2D eigenvalue weighted by Crippen LogP contribution is -1.96. The van der Waals surface area contributed by atoms with E-state index >= 15 is 0 Å². The molecule has 3 aromatic heterocycles. The summed E-state index contributed by atoms with van der Waals surface area (Å²) < 4.78 is 6.37. The molecule has 0 aromatic carbocycles. The van der Waals surface area contributed by atoms with E-state index in [1.54, 1.807) is 0 Å². The predicted molar refractivity (Wildman–Crippen MR) is 88.4 cm³/mol. The summed E-state index contributed by atoms with van der Waals surface area (Å²) in [7, 11) is 0. The highest BCUT2D eigenvalue weighted by Gasteiger charge is 2.13. The molecular weight excluding hydrogens is 296 g/mol. The maximum Gasteiger partial charge on any atom is 0.208 e. The van der Waals surface area contributed by atoms with Crippen molar-refractivity contribution in [3.05, 3.63) is 35.8 Å². The lowest BCUT2D eigenvalue weighted by atomic mass is 10.2. The third kappa shape index (κ3) is 3.14. The van der Waals surface area contributed by atoms with Crippen molar-refractivity contribution in [1.29, 1.82) is 0 Å². The highest BCUT2D eigenvalue weighted by atomic mass is 32.1. The molecule has 0 bridgehead atoms. The van der Waals surface area contributed by atoms with Crippen molar-refractivity contribution in [3.63, 3.8) is 0 Å². The van der Waals surface area contributed by atoms with Crippen LogP contribution in [0.5, 0.6) is 0 Å². The van der Waals surface area contributed by atoms with Crippen molar-refractivity contribution in [2.75, 3.05) is 5.32 Å². The van der Waals surface area contributed by atoms with Gasteiger partial charge in [0.25, 0.3) is 0 Å². The molecule has 0 saturated carbocycles. The number of nitrogens with one attached hydrogen (secondary N) is 1. The van der Waals surface area contributed by atoms with E-state index in [4.69, 9.17) is 0 Å². The van der Waals surface area contributed by atoms with Crippen LogP contribution in [0, 0.1) is 13.8 Å². The number of hydrogen-bond donors (Lipinski definition) is 1. The molecule has 3 rings (SSSR count). The first-order chi connectivity index (χ1) is 10.7. The molecule has 0 aliphatic rings. The molecule has 6 nitrogen and oxygen atoms in total. The van der Waals surface area contributed by atoms with Crippen molar-refractivity contribution in [3.8, 4) is 11.4 Å². The Kier molecular flexibility index (Phi) is 4.15. The van der Waals surface area contributed by atoms with Crippen LogP contribution in [0.15, 0.2) is 24.4 Å². The highest BCUT2D eigenvalue weighted by molar-refractivity contribution is 7.09. The first-order valence-electron chi connectivity index (χ1n) is 7.24. The molecule has 7 heteroatoms. The lowest BCUT2D eigenvalue weighted by molar-refractivity contribution is 0.598. The minimum Gasteiger partial charge on any atom is -0.315 e. The van der Waals surface area contributed by atoms with E-state index in [0.29, 0.717) is 5.82 Å². The Morgan fingerprint density at radius 2 is 2.09 bits per heavy atom. The van der Waals surface area contributed by atoms with Gasteiger partial charge < -0.3 is 5.32 Å². The summed E-state index contributed by atoms with van der Waals surface area (Å²) >= 11 is 1.33. The van der Waals surface area contributed by atoms with Crippen LogP contribution in [-0.4, -0.2) is 24.1 Å². The minimum absolute atomic E-state index is 0.708. The lowest BCUT2D eigenvalue weighted by Gasteiger charge is -2.00. The molecule has 1 N–H and O–H groups in total. The summed E-state index contributed by atoms with van der Waals surface area (Å²) in [6.45, 7) is 6.98. The highest BCUT2D eigenvalue weighted by Crippen LogP contribution is 2.25. The Labute approximate surface area is 133 Å². The summed E-state index contributed by atoms with van der Waals surface area (Å²) in [4.78, 5) is 8.95. The zero-order valence-corrected chi connectivity index (χ0v) is 13.7. The Bertz CT molecular complexity index is 776. The Morgan fingerprint density at radius 3 is 2.86 bits per heavy atom. The fraction of sp³-hybridized carbons (Fsp3) is 0.333. The van der Waals surface area contributed by atoms with Crippen molar-refractivity contribution >= 4 is 22.5 Å². The average molecular weight is 314 g/mol. The molecule has 0 fully saturated rings. The fourth-order valence-electron chi connectivity index (χ4n) is 2.19. The van der Waals surface area contributed by atoms with E-state index in [1.165, 1.54) is 11.5 Å². The van der Waals surface area contributed by atoms with Gasteiger partial charge in [-0.2, -0.15) is 14.5 Å². The van der Waals surface area contributed by atoms with Crippen LogP contribution in [0.2, 0.25) is 0 Å².